The van der Waals surface area contributed by atoms with E-state index in [1.54, 1.807) is 34.1 Å². The van der Waals surface area contributed by atoms with E-state index in [2.05, 4.69) is 11.5 Å². The first-order valence-electron chi connectivity index (χ1n) is 13.9. The Morgan fingerprint density at radius 1 is 0.925 bits per heavy atom. The van der Waals surface area contributed by atoms with E-state index in [0.717, 1.165) is 54.1 Å². The molecule has 6 nitrogen and oxygen atoms in total. The summed E-state index contributed by atoms with van der Waals surface area (Å²) < 4.78 is 21.7. The quantitative estimate of drug-likeness (QED) is 0.228. The molecule has 1 aliphatic carbocycles. The summed E-state index contributed by atoms with van der Waals surface area (Å²) >= 11 is 0. The average molecular weight is 538 g/mol. The Morgan fingerprint density at radius 2 is 1.65 bits per heavy atom. The first-order chi connectivity index (χ1) is 19.5. The van der Waals surface area contributed by atoms with Gasteiger partial charge >= 0.3 is 0 Å². The van der Waals surface area contributed by atoms with Gasteiger partial charge in [-0.25, -0.2) is 4.39 Å². The molecular weight excluding hydrogens is 505 g/mol. The maximum atomic E-state index is 14.3. The Balaban J connectivity index is 1.31. The number of rotatable bonds is 9. The number of anilines is 1. The van der Waals surface area contributed by atoms with Crippen LogP contribution < -0.4 is 9.64 Å². The van der Waals surface area contributed by atoms with Crippen molar-refractivity contribution < 1.29 is 18.7 Å². The highest BCUT2D eigenvalue weighted by atomic mass is 19.1. The normalized spacial score (nSPS) is 15.8. The number of carbonyl (C=O) groups excluding carboxylic acids is 2. The highest BCUT2D eigenvalue weighted by Crippen LogP contribution is 2.42. The van der Waals surface area contributed by atoms with E-state index < -0.39 is 6.04 Å². The van der Waals surface area contributed by atoms with Crippen molar-refractivity contribution in [2.24, 2.45) is 0 Å². The van der Waals surface area contributed by atoms with Crippen molar-refractivity contribution in [2.75, 3.05) is 18.1 Å². The molecule has 2 aliphatic rings. The van der Waals surface area contributed by atoms with Crippen LogP contribution in [0.5, 0.6) is 5.75 Å². The molecule has 1 saturated carbocycles. The monoisotopic (exact) mass is 537 g/mol. The van der Waals surface area contributed by atoms with Crippen LogP contribution in [0.1, 0.15) is 60.3 Å². The lowest BCUT2D eigenvalue weighted by Gasteiger charge is -2.39. The molecule has 0 bridgehead atoms. The molecular formula is C33H32FN3O3. The molecule has 7 heteroatoms. The van der Waals surface area contributed by atoms with Gasteiger partial charge in [0.1, 0.15) is 24.2 Å². The standard InChI is InChI=1S/C33H32FN3O3/c1-2-3-21-40-27-18-12-24(13-19-27)33(39)36(26-16-17-26)22-31(38)37-29-8-5-4-7-28(29)35-20-6-9-30(35)32(37)23-10-14-25(34)15-11-23/h4-15,18-20,26,32H,2-3,16-17,21-22H2,1H3/t32-/m1/s1. The van der Waals surface area contributed by atoms with E-state index in [9.17, 15) is 14.0 Å². The van der Waals surface area contributed by atoms with Crippen LogP contribution in [-0.2, 0) is 4.79 Å². The van der Waals surface area contributed by atoms with Gasteiger partial charge in [0, 0.05) is 17.8 Å². The third-order valence-electron chi connectivity index (χ3n) is 7.60. The summed E-state index contributed by atoms with van der Waals surface area (Å²) in [6, 6.07) is 24.7. The Labute approximate surface area is 233 Å². The minimum absolute atomic E-state index is 0.0325. The molecule has 2 heterocycles. The second-order valence-electron chi connectivity index (χ2n) is 10.4. The molecule has 2 amide bonds. The number of carbonyl (C=O) groups is 2. The summed E-state index contributed by atoms with van der Waals surface area (Å²) in [5.41, 5.74) is 3.87. The van der Waals surface area contributed by atoms with Gasteiger partial charge in [-0.15, -0.1) is 0 Å². The fourth-order valence-corrected chi connectivity index (χ4v) is 5.39. The molecule has 1 aromatic heterocycles. The Hall–Kier alpha value is -4.39. The van der Waals surface area contributed by atoms with E-state index in [1.807, 2.05) is 54.7 Å². The Kier molecular flexibility index (Phi) is 7.11. The number of aromatic nitrogens is 1. The number of halogens is 1. The lowest BCUT2D eigenvalue weighted by Crippen LogP contribution is -2.47. The molecule has 1 fully saturated rings. The SMILES string of the molecule is CCCCOc1ccc(C(=O)N(CC(=O)N2c3ccccc3-n3cccc3[C@H]2c2ccc(F)cc2)C2CC2)cc1. The first-order valence-corrected chi connectivity index (χ1v) is 13.9. The molecule has 204 valence electrons. The molecule has 3 aromatic carbocycles. The number of hydrogen-bond donors (Lipinski definition) is 0. The van der Waals surface area contributed by atoms with Crippen LogP contribution in [0.15, 0.2) is 91.1 Å². The molecule has 0 unspecified atom stereocenters. The molecule has 0 radical (unpaired) electrons. The van der Waals surface area contributed by atoms with Gasteiger partial charge in [-0.2, -0.15) is 0 Å². The summed E-state index contributed by atoms with van der Waals surface area (Å²) in [6.45, 7) is 2.70. The zero-order chi connectivity index (χ0) is 27.6. The summed E-state index contributed by atoms with van der Waals surface area (Å²) in [5, 5.41) is 0. The van der Waals surface area contributed by atoms with Gasteiger partial charge < -0.3 is 14.2 Å². The predicted molar refractivity (Wildman–Crippen MR) is 152 cm³/mol. The van der Waals surface area contributed by atoms with Gasteiger partial charge in [-0.05, 0) is 85.5 Å². The lowest BCUT2D eigenvalue weighted by molar-refractivity contribution is -0.119. The van der Waals surface area contributed by atoms with E-state index in [4.69, 9.17) is 4.74 Å². The van der Waals surface area contributed by atoms with Crippen molar-refractivity contribution in [2.45, 2.75) is 44.7 Å². The van der Waals surface area contributed by atoms with E-state index >= 15 is 0 Å². The summed E-state index contributed by atoms with van der Waals surface area (Å²) in [4.78, 5) is 31.4. The van der Waals surface area contributed by atoms with Crippen molar-refractivity contribution in [3.8, 4) is 11.4 Å². The number of amides is 2. The number of para-hydroxylation sites is 2. The predicted octanol–water partition coefficient (Wildman–Crippen LogP) is 6.54. The van der Waals surface area contributed by atoms with Gasteiger partial charge in [-0.3, -0.25) is 14.5 Å². The fraction of sp³-hybridized carbons (Fsp3) is 0.273. The van der Waals surface area contributed by atoms with Gasteiger partial charge in [0.25, 0.3) is 5.91 Å². The Morgan fingerprint density at radius 3 is 2.35 bits per heavy atom. The van der Waals surface area contributed by atoms with E-state index in [1.165, 1.54) is 12.1 Å². The third kappa shape index (κ3) is 4.99. The summed E-state index contributed by atoms with van der Waals surface area (Å²) in [7, 11) is 0. The second-order valence-corrected chi connectivity index (χ2v) is 10.4. The highest BCUT2D eigenvalue weighted by Gasteiger charge is 2.40. The maximum absolute atomic E-state index is 14.3. The van der Waals surface area contributed by atoms with Crippen molar-refractivity contribution in [1.29, 1.82) is 0 Å². The van der Waals surface area contributed by atoms with Crippen LogP contribution in [0.2, 0.25) is 0 Å². The molecule has 1 aliphatic heterocycles. The molecule has 1 atom stereocenters. The maximum Gasteiger partial charge on any atom is 0.254 e. The van der Waals surface area contributed by atoms with Crippen LogP contribution in [0.3, 0.4) is 0 Å². The number of ether oxygens (including phenoxy) is 1. The number of nitrogens with zero attached hydrogens (tertiary/aromatic N) is 3. The zero-order valence-corrected chi connectivity index (χ0v) is 22.5. The number of unbranched alkanes of at least 4 members (excludes halogenated alkanes) is 1. The topological polar surface area (TPSA) is 54.8 Å². The molecule has 4 aromatic rings. The zero-order valence-electron chi connectivity index (χ0n) is 22.5. The van der Waals surface area contributed by atoms with Gasteiger partial charge in [0.05, 0.1) is 23.7 Å². The molecule has 0 saturated heterocycles. The van der Waals surface area contributed by atoms with Gasteiger partial charge in [-0.1, -0.05) is 37.6 Å². The van der Waals surface area contributed by atoms with Crippen LogP contribution in [-0.4, -0.2) is 40.5 Å². The summed E-state index contributed by atoms with van der Waals surface area (Å²) in [5.74, 6) is 0.0478. The first kappa shape index (κ1) is 25.9. The number of fused-ring (bicyclic) bond motifs is 3. The van der Waals surface area contributed by atoms with Crippen molar-refractivity contribution in [1.82, 2.24) is 9.47 Å². The lowest BCUT2D eigenvalue weighted by atomic mass is 9.97. The molecule has 0 N–H and O–H groups in total. The highest BCUT2D eigenvalue weighted by molar-refractivity contribution is 6.03. The fourth-order valence-electron chi connectivity index (χ4n) is 5.39. The van der Waals surface area contributed by atoms with Crippen LogP contribution in [0.4, 0.5) is 10.1 Å². The molecule has 0 spiro atoms. The van der Waals surface area contributed by atoms with Crippen molar-refractivity contribution >= 4 is 17.5 Å². The van der Waals surface area contributed by atoms with Crippen LogP contribution in [0.25, 0.3) is 5.69 Å². The third-order valence-corrected chi connectivity index (χ3v) is 7.60. The number of benzene rings is 3. The van der Waals surface area contributed by atoms with Gasteiger partial charge in [0.2, 0.25) is 5.91 Å². The van der Waals surface area contributed by atoms with Crippen LogP contribution in [0, 0.1) is 5.82 Å². The Bertz CT molecular complexity index is 1510. The molecule has 6 rings (SSSR count). The van der Waals surface area contributed by atoms with E-state index in [-0.39, 0.29) is 30.2 Å². The minimum atomic E-state index is -0.464. The van der Waals surface area contributed by atoms with Crippen molar-refractivity contribution in [3.05, 3.63) is 114 Å². The minimum Gasteiger partial charge on any atom is -0.494 e. The molecule has 40 heavy (non-hydrogen) atoms. The van der Waals surface area contributed by atoms with Crippen LogP contribution >= 0.6 is 0 Å². The smallest absolute Gasteiger partial charge is 0.254 e. The van der Waals surface area contributed by atoms with Crippen molar-refractivity contribution in [3.63, 3.8) is 0 Å². The average Bonchev–Trinajstić information content (AvgIpc) is 3.71. The summed E-state index contributed by atoms with van der Waals surface area (Å²) in [6.07, 6.45) is 5.75. The van der Waals surface area contributed by atoms with Gasteiger partial charge in [0.15, 0.2) is 0 Å². The van der Waals surface area contributed by atoms with E-state index in [0.29, 0.717) is 12.2 Å². The largest absolute Gasteiger partial charge is 0.494 e. The number of hydrogen-bond acceptors (Lipinski definition) is 3. The second kappa shape index (κ2) is 11.0.